The minimum Gasteiger partial charge on any atom is -0.478 e. The van der Waals surface area contributed by atoms with E-state index in [0.717, 1.165) is 38.3 Å². The Morgan fingerprint density at radius 2 is 1.96 bits per heavy atom. The standard InChI is InChI=1S/C22H28N2O4/c1-27-16-28-21-11-12-24(15-21)14-19(17-5-3-2-4-6-17)13-23-20-9-7-18(8-10-20)22(25)26/h2-10,19,21,23H,11-16H2,1H3,(H,25,26)/t19-,21-/m0/s1. The fourth-order valence-corrected chi connectivity index (χ4v) is 3.56. The average Bonchev–Trinajstić information content (AvgIpc) is 3.18. The molecule has 0 bridgehead atoms. The SMILES string of the molecule is COCO[C@H]1CCN(C[C@H](CNc2ccc(C(=O)O)cc2)c2ccccc2)C1. The first-order valence-corrected chi connectivity index (χ1v) is 9.60. The second kappa shape index (κ2) is 10.2. The van der Waals surface area contributed by atoms with E-state index in [2.05, 4.69) is 34.5 Å². The van der Waals surface area contributed by atoms with Gasteiger partial charge in [-0.3, -0.25) is 4.90 Å². The fraction of sp³-hybridized carbons (Fsp3) is 0.409. The summed E-state index contributed by atoms with van der Waals surface area (Å²) in [6, 6.07) is 17.4. The highest BCUT2D eigenvalue weighted by atomic mass is 16.7. The number of hydrogen-bond donors (Lipinski definition) is 2. The van der Waals surface area contributed by atoms with Crippen molar-refractivity contribution >= 4 is 11.7 Å². The number of carboxylic acid groups (broad SMARTS) is 1. The van der Waals surface area contributed by atoms with Crippen LogP contribution >= 0.6 is 0 Å². The normalized spacial score (nSPS) is 18.1. The summed E-state index contributed by atoms with van der Waals surface area (Å²) in [6.07, 6.45) is 1.25. The summed E-state index contributed by atoms with van der Waals surface area (Å²) < 4.78 is 10.7. The molecule has 1 aliphatic heterocycles. The number of nitrogens with one attached hydrogen (secondary N) is 1. The molecule has 1 saturated heterocycles. The molecule has 150 valence electrons. The summed E-state index contributed by atoms with van der Waals surface area (Å²) in [6.45, 7) is 3.99. The number of benzene rings is 2. The number of methoxy groups -OCH3 is 1. The predicted octanol–water partition coefficient (Wildman–Crippen LogP) is 3.28. The van der Waals surface area contributed by atoms with E-state index in [1.54, 1.807) is 19.2 Å². The van der Waals surface area contributed by atoms with Gasteiger partial charge in [-0.25, -0.2) is 4.79 Å². The summed E-state index contributed by atoms with van der Waals surface area (Å²) >= 11 is 0. The highest BCUT2D eigenvalue weighted by Gasteiger charge is 2.25. The largest absolute Gasteiger partial charge is 0.478 e. The van der Waals surface area contributed by atoms with Crippen molar-refractivity contribution in [3.05, 3.63) is 65.7 Å². The quantitative estimate of drug-likeness (QED) is 0.613. The van der Waals surface area contributed by atoms with Crippen LogP contribution in [0.15, 0.2) is 54.6 Å². The van der Waals surface area contributed by atoms with Crippen molar-refractivity contribution in [3.63, 3.8) is 0 Å². The Labute approximate surface area is 166 Å². The van der Waals surface area contributed by atoms with E-state index in [-0.39, 0.29) is 6.10 Å². The Balaban J connectivity index is 1.61. The van der Waals surface area contributed by atoms with E-state index in [0.29, 0.717) is 18.3 Å². The molecule has 0 spiro atoms. The van der Waals surface area contributed by atoms with Gasteiger partial charge in [0.2, 0.25) is 0 Å². The third-order valence-electron chi connectivity index (χ3n) is 5.08. The van der Waals surface area contributed by atoms with Gasteiger partial charge in [-0.05, 0) is 36.2 Å². The van der Waals surface area contributed by atoms with Crippen LogP contribution in [0.1, 0.15) is 28.3 Å². The maximum Gasteiger partial charge on any atom is 0.335 e. The number of anilines is 1. The van der Waals surface area contributed by atoms with Crippen molar-refractivity contribution in [2.45, 2.75) is 18.4 Å². The lowest BCUT2D eigenvalue weighted by atomic mass is 9.98. The average molecular weight is 384 g/mol. The molecule has 0 radical (unpaired) electrons. The predicted molar refractivity (Wildman–Crippen MR) is 109 cm³/mol. The number of aromatic carboxylic acids is 1. The van der Waals surface area contributed by atoms with Gasteiger partial charge in [0.25, 0.3) is 0 Å². The van der Waals surface area contributed by atoms with E-state index >= 15 is 0 Å². The first-order valence-electron chi connectivity index (χ1n) is 9.60. The van der Waals surface area contributed by atoms with Gasteiger partial charge in [0, 0.05) is 44.9 Å². The van der Waals surface area contributed by atoms with Crippen molar-refractivity contribution in [1.82, 2.24) is 4.90 Å². The Bertz CT molecular complexity index is 736. The van der Waals surface area contributed by atoms with Gasteiger partial charge in [-0.1, -0.05) is 30.3 Å². The number of rotatable bonds is 10. The molecule has 2 aromatic carbocycles. The number of ether oxygens (including phenoxy) is 2. The van der Waals surface area contributed by atoms with Gasteiger partial charge in [0.15, 0.2) is 0 Å². The highest BCUT2D eigenvalue weighted by Crippen LogP contribution is 2.22. The third kappa shape index (κ3) is 5.79. The van der Waals surface area contributed by atoms with Crippen LogP contribution in [0.25, 0.3) is 0 Å². The van der Waals surface area contributed by atoms with E-state index < -0.39 is 5.97 Å². The van der Waals surface area contributed by atoms with E-state index in [4.69, 9.17) is 14.6 Å². The van der Waals surface area contributed by atoms with Gasteiger partial charge in [-0.15, -0.1) is 0 Å². The molecule has 2 atom stereocenters. The summed E-state index contributed by atoms with van der Waals surface area (Å²) in [5.41, 5.74) is 2.51. The highest BCUT2D eigenvalue weighted by molar-refractivity contribution is 5.87. The van der Waals surface area contributed by atoms with Crippen molar-refractivity contribution in [1.29, 1.82) is 0 Å². The Morgan fingerprint density at radius 3 is 2.64 bits per heavy atom. The van der Waals surface area contributed by atoms with Gasteiger partial charge in [-0.2, -0.15) is 0 Å². The number of hydrogen-bond acceptors (Lipinski definition) is 5. The van der Waals surface area contributed by atoms with Crippen LogP contribution < -0.4 is 5.32 Å². The minimum atomic E-state index is -0.909. The van der Waals surface area contributed by atoms with Crippen LogP contribution in [0, 0.1) is 0 Å². The molecule has 0 saturated carbocycles. The van der Waals surface area contributed by atoms with Crippen molar-refractivity contribution in [2.75, 3.05) is 45.4 Å². The van der Waals surface area contributed by atoms with Gasteiger partial charge >= 0.3 is 5.97 Å². The maximum absolute atomic E-state index is 11.0. The zero-order valence-corrected chi connectivity index (χ0v) is 16.2. The molecule has 0 amide bonds. The molecule has 3 rings (SSSR count). The summed E-state index contributed by atoms with van der Waals surface area (Å²) in [5.74, 6) is -0.588. The number of carbonyl (C=O) groups is 1. The molecule has 6 heteroatoms. The smallest absolute Gasteiger partial charge is 0.335 e. The van der Waals surface area contributed by atoms with Crippen molar-refractivity contribution in [3.8, 4) is 0 Å². The van der Waals surface area contributed by atoms with Gasteiger partial charge < -0.3 is 19.9 Å². The second-order valence-electron chi connectivity index (χ2n) is 7.11. The summed E-state index contributed by atoms with van der Waals surface area (Å²) in [4.78, 5) is 13.4. The minimum absolute atomic E-state index is 0.230. The lowest BCUT2D eigenvalue weighted by molar-refractivity contribution is -0.0671. The zero-order valence-electron chi connectivity index (χ0n) is 16.2. The Morgan fingerprint density at radius 1 is 1.21 bits per heavy atom. The van der Waals surface area contributed by atoms with Crippen LogP contribution in [0.2, 0.25) is 0 Å². The molecule has 2 aromatic rings. The van der Waals surface area contributed by atoms with Crippen LogP contribution in [-0.2, 0) is 9.47 Å². The van der Waals surface area contributed by atoms with E-state index in [1.807, 2.05) is 18.2 Å². The number of likely N-dealkylation sites (tertiary alicyclic amines) is 1. The maximum atomic E-state index is 11.0. The first kappa shape index (κ1) is 20.3. The molecule has 0 aliphatic carbocycles. The topological polar surface area (TPSA) is 71.0 Å². The molecule has 1 fully saturated rings. The van der Waals surface area contributed by atoms with Crippen LogP contribution in [-0.4, -0.2) is 62.2 Å². The molecule has 28 heavy (non-hydrogen) atoms. The molecular formula is C22H28N2O4. The lowest BCUT2D eigenvalue weighted by Crippen LogP contribution is -2.31. The van der Waals surface area contributed by atoms with Gasteiger partial charge in [0.1, 0.15) is 6.79 Å². The van der Waals surface area contributed by atoms with Crippen molar-refractivity contribution < 1.29 is 19.4 Å². The molecule has 0 unspecified atom stereocenters. The molecule has 0 aromatic heterocycles. The molecule has 6 nitrogen and oxygen atoms in total. The first-order chi connectivity index (χ1) is 13.7. The van der Waals surface area contributed by atoms with Gasteiger partial charge in [0.05, 0.1) is 11.7 Å². The monoisotopic (exact) mass is 384 g/mol. The lowest BCUT2D eigenvalue weighted by Gasteiger charge is -2.25. The number of carboxylic acids is 1. The van der Waals surface area contributed by atoms with Crippen LogP contribution in [0.4, 0.5) is 5.69 Å². The number of nitrogens with zero attached hydrogens (tertiary/aromatic N) is 1. The second-order valence-corrected chi connectivity index (χ2v) is 7.11. The molecule has 1 heterocycles. The molecular weight excluding hydrogens is 356 g/mol. The van der Waals surface area contributed by atoms with E-state index in [9.17, 15) is 4.79 Å². The molecule has 2 N–H and O–H groups in total. The molecule has 1 aliphatic rings. The van der Waals surface area contributed by atoms with Crippen LogP contribution in [0.5, 0.6) is 0 Å². The van der Waals surface area contributed by atoms with E-state index in [1.165, 1.54) is 5.56 Å². The zero-order chi connectivity index (χ0) is 19.8. The van der Waals surface area contributed by atoms with Crippen molar-refractivity contribution in [2.24, 2.45) is 0 Å². The Hall–Kier alpha value is -2.41. The Kier molecular flexibility index (Phi) is 7.42. The summed E-state index contributed by atoms with van der Waals surface area (Å²) in [7, 11) is 1.65. The van der Waals surface area contributed by atoms with Crippen LogP contribution in [0.3, 0.4) is 0 Å². The fourth-order valence-electron chi connectivity index (χ4n) is 3.56. The summed E-state index contributed by atoms with van der Waals surface area (Å²) in [5, 5.41) is 12.5. The third-order valence-corrected chi connectivity index (χ3v) is 5.08.